The van der Waals surface area contributed by atoms with Crippen LogP contribution < -0.4 is 10.6 Å². The van der Waals surface area contributed by atoms with Gasteiger partial charge in [-0.25, -0.2) is 0 Å². The van der Waals surface area contributed by atoms with E-state index in [1.165, 1.54) is 0 Å². The molecule has 0 aromatic rings. The van der Waals surface area contributed by atoms with Crippen molar-refractivity contribution in [1.29, 1.82) is 0 Å². The van der Waals surface area contributed by atoms with Gasteiger partial charge in [0.25, 0.3) is 0 Å². The monoisotopic (exact) mass is 562 g/mol. The largest absolute Gasteiger partial charge is 0.354 e. The summed E-state index contributed by atoms with van der Waals surface area (Å²) in [7, 11) is 1.88. The van der Waals surface area contributed by atoms with Gasteiger partial charge in [0.15, 0.2) is 0 Å². The van der Waals surface area contributed by atoms with Crippen LogP contribution in [-0.4, -0.2) is 70.8 Å². The van der Waals surface area contributed by atoms with Crippen LogP contribution in [0.5, 0.6) is 0 Å². The van der Waals surface area contributed by atoms with E-state index in [9.17, 15) is 14.4 Å². The van der Waals surface area contributed by atoms with Gasteiger partial charge < -0.3 is 20.4 Å². The molecule has 0 aliphatic carbocycles. The fourth-order valence-electron chi connectivity index (χ4n) is 6.87. The van der Waals surface area contributed by atoms with Crippen LogP contribution in [0.25, 0.3) is 0 Å². The summed E-state index contributed by atoms with van der Waals surface area (Å²) < 4.78 is 0. The van der Waals surface area contributed by atoms with Gasteiger partial charge in [0.1, 0.15) is 12.1 Å². The summed E-state index contributed by atoms with van der Waals surface area (Å²) in [4.78, 5) is 46.6. The van der Waals surface area contributed by atoms with Crippen LogP contribution in [0.2, 0.25) is 0 Å². The smallest absolute Gasteiger partial charge is 0.246 e. The molecule has 0 aromatic heterocycles. The van der Waals surface area contributed by atoms with Gasteiger partial charge in [0.2, 0.25) is 17.7 Å². The highest BCUT2D eigenvalue weighted by molar-refractivity contribution is 5.94. The van der Waals surface area contributed by atoms with Crippen molar-refractivity contribution in [1.82, 2.24) is 20.4 Å². The van der Waals surface area contributed by atoms with Crippen molar-refractivity contribution >= 4 is 17.7 Å². The molecule has 2 heterocycles. The lowest BCUT2D eigenvalue weighted by Gasteiger charge is -2.52. The molecule has 3 amide bonds. The van der Waals surface area contributed by atoms with Crippen molar-refractivity contribution in [3.05, 3.63) is 0 Å². The van der Waals surface area contributed by atoms with Crippen LogP contribution in [0.1, 0.15) is 128 Å². The third-order valence-corrected chi connectivity index (χ3v) is 10.1. The molecule has 40 heavy (non-hydrogen) atoms. The Hall–Kier alpha value is -1.63. The predicted octanol–water partition coefficient (Wildman–Crippen LogP) is 5.77. The van der Waals surface area contributed by atoms with E-state index in [1.807, 2.05) is 44.5 Å². The molecule has 2 unspecified atom stereocenters. The van der Waals surface area contributed by atoms with Crippen molar-refractivity contribution in [2.24, 2.45) is 22.2 Å². The Kier molecular flexibility index (Phi) is 10.6. The van der Waals surface area contributed by atoms with Crippen molar-refractivity contribution in [2.75, 3.05) is 20.1 Å². The van der Waals surface area contributed by atoms with E-state index in [4.69, 9.17) is 0 Å². The van der Waals surface area contributed by atoms with E-state index in [0.717, 1.165) is 32.1 Å². The van der Waals surface area contributed by atoms with Crippen LogP contribution >= 0.6 is 0 Å². The van der Waals surface area contributed by atoms with Crippen LogP contribution in [0, 0.1) is 22.2 Å². The van der Waals surface area contributed by atoms with E-state index < -0.39 is 28.6 Å². The first kappa shape index (κ1) is 34.6. The summed E-state index contributed by atoms with van der Waals surface area (Å²) in [5, 5.41) is 6.48. The number of likely N-dealkylation sites (tertiary alicyclic amines) is 2. The molecule has 2 atom stereocenters. The minimum atomic E-state index is -0.739. The second kappa shape index (κ2) is 12.3. The summed E-state index contributed by atoms with van der Waals surface area (Å²) in [6.07, 6.45) is 5.74. The quantitative estimate of drug-likeness (QED) is 0.350. The molecule has 2 saturated heterocycles. The lowest BCUT2D eigenvalue weighted by Crippen LogP contribution is -2.67. The molecule has 2 fully saturated rings. The second-order valence-electron chi connectivity index (χ2n) is 16.4. The molecule has 7 nitrogen and oxygen atoms in total. The van der Waals surface area contributed by atoms with E-state index in [0.29, 0.717) is 31.8 Å². The van der Waals surface area contributed by atoms with Crippen LogP contribution in [-0.2, 0) is 14.4 Å². The first-order chi connectivity index (χ1) is 18.1. The van der Waals surface area contributed by atoms with Gasteiger partial charge in [-0.1, -0.05) is 41.5 Å². The van der Waals surface area contributed by atoms with Gasteiger partial charge in [-0.2, -0.15) is 0 Å². The van der Waals surface area contributed by atoms with E-state index in [1.54, 1.807) is 0 Å². The number of nitrogens with one attached hydrogen (secondary N) is 2. The first-order valence-corrected chi connectivity index (χ1v) is 15.7. The fraction of sp³-hybridized carbons (Fsp3) is 0.909. The van der Waals surface area contributed by atoms with Gasteiger partial charge in [-0.05, 0) is 110 Å². The summed E-state index contributed by atoms with van der Waals surface area (Å²) in [6, 6.07) is -1.12. The Balaban J connectivity index is 2.50. The average Bonchev–Trinajstić information content (AvgIpc) is 2.91. The molecule has 2 rings (SSSR count). The number of carbonyl (C=O) groups excluding carboxylic acids is 3. The average molecular weight is 563 g/mol. The minimum absolute atomic E-state index is 0.00241. The Bertz CT molecular complexity index is 919. The number of piperidine rings is 1. The van der Waals surface area contributed by atoms with Gasteiger partial charge in [0, 0.05) is 24.2 Å². The van der Waals surface area contributed by atoms with E-state index in [-0.39, 0.29) is 28.6 Å². The lowest BCUT2D eigenvalue weighted by atomic mass is 9.71. The Morgan fingerprint density at radius 2 is 1.45 bits per heavy atom. The molecule has 232 valence electrons. The molecule has 0 bridgehead atoms. The highest BCUT2D eigenvalue weighted by Crippen LogP contribution is 2.44. The molecule has 0 radical (unpaired) electrons. The first-order valence-electron chi connectivity index (χ1n) is 15.7. The predicted molar refractivity (Wildman–Crippen MR) is 165 cm³/mol. The maximum absolute atomic E-state index is 14.8. The Morgan fingerprint density at radius 3 is 2.00 bits per heavy atom. The summed E-state index contributed by atoms with van der Waals surface area (Å²) in [5.74, 6) is 0.435. The number of nitrogens with zero attached hydrogens (tertiary/aromatic N) is 2. The Labute approximate surface area is 246 Å². The van der Waals surface area contributed by atoms with Crippen LogP contribution in [0.3, 0.4) is 0 Å². The van der Waals surface area contributed by atoms with Gasteiger partial charge in [-0.3, -0.25) is 14.4 Å². The number of hydrogen-bond donors (Lipinski definition) is 2. The lowest BCUT2D eigenvalue weighted by molar-refractivity contribution is -0.164. The van der Waals surface area contributed by atoms with Crippen LogP contribution in [0.4, 0.5) is 0 Å². The molecule has 0 aromatic carbocycles. The van der Waals surface area contributed by atoms with Gasteiger partial charge in [0.05, 0.1) is 5.41 Å². The van der Waals surface area contributed by atoms with E-state index in [2.05, 4.69) is 66.0 Å². The summed E-state index contributed by atoms with van der Waals surface area (Å²) in [6.45, 7) is 26.6. The molecule has 2 N–H and O–H groups in total. The fourth-order valence-corrected chi connectivity index (χ4v) is 6.87. The summed E-state index contributed by atoms with van der Waals surface area (Å²) >= 11 is 0. The van der Waals surface area contributed by atoms with Gasteiger partial charge >= 0.3 is 0 Å². The second-order valence-corrected chi connectivity index (χ2v) is 16.4. The van der Waals surface area contributed by atoms with Crippen molar-refractivity contribution in [3.8, 4) is 0 Å². The minimum Gasteiger partial charge on any atom is -0.354 e. The highest BCUT2D eigenvalue weighted by atomic mass is 16.2. The topological polar surface area (TPSA) is 81.8 Å². The standard InChI is InChI=1S/C33H62N4O3/c1-23(2)15-14-20-35-26(38)24-16-18-29(3,4)21-31(7,8)37(24)27(39)25-17-19-30(5,6)22-36(25)28(40)32(9,10)33(11,12)34-13/h23-25,34H,14-22H2,1-13H3,(H,35,38). The highest BCUT2D eigenvalue weighted by Gasteiger charge is 2.53. The Morgan fingerprint density at radius 1 is 0.900 bits per heavy atom. The van der Waals surface area contributed by atoms with Gasteiger partial charge in [-0.15, -0.1) is 0 Å². The zero-order valence-electron chi connectivity index (χ0n) is 28.2. The van der Waals surface area contributed by atoms with Crippen molar-refractivity contribution < 1.29 is 14.4 Å². The third kappa shape index (κ3) is 7.80. The molecule has 2 aliphatic rings. The number of carbonyl (C=O) groups is 3. The number of amides is 3. The molecular weight excluding hydrogens is 500 g/mol. The molecular formula is C33H62N4O3. The van der Waals surface area contributed by atoms with Crippen molar-refractivity contribution in [3.63, 3.8) is 0 Å². The normalized spacial score (nSPS) is 24.9. The molecule has 2 aliphatic heterocycles. The third-order valence-electron chi connectivity index (χ3n) is 10.1. The number of rotatable bonds is 9. The molecule has 7 heteroatoms. The van der Waals surface area contributed by atoms with Crippen molar-refractivity contribution in [2.45, 2.75) is 151 Å². The maximum atomic E-state index is 14.8. The maximum Gasteiger partial charge on any atom is 0.246 e. The molecule has 0 spiro atoms. The zero-order valence-corrected chi connectivity index (χ0v) is 28.2. The summed E-state index contributed by atoms with van der Waals surface area (Å²) in [5.41, 5.74) is -1.83. The SMILES string of the molecule is CNC(C)(C)C(C)(C)C(=O)N1CC(C)(C)CCC1C(=O)N1C(C(=O)NCCCC(C)C)CCC(C)(C)CC1(C)C. The number of hydrogen-bond acceptors (Lipinski definition) is 4. The van der Waals surface area contributed by atoms with E-state index >= 15 is 0 Å². The van der Waals surface area contributed by atoms with Crippen LogP contribution in [0.15, 0.2) is 0 Å². The molecule has 0 saturated carbocycles. The zero-order chi connectivity index (χ0) is 30.9.